The van der Waals surface area contributed by atoms with Crippen molar-refractivity contribution in [1.29, 1.82) is 0 Å². The Hall–Kier alpha value is -4.30. The molecule has 0 aromatic heterocycles. The molecule has 0 amide bonds. The van der Waals surface area contributed by atoms with Crippen molar-refractivity contribution in [1.82, 2.24) is 0 Å². The summed E-state index contributed by atoms with van der Waals surface area (Å²) in [5.74, 6) is 1.09. The quantitative estimate of drug-likeness (QED) is 0.131. The first-order chi connectivity index (χ1) is 20.4. The molecular formula is C40H44N2. The van der Waals surface area contributed by atoms with E-state index in [1.54, 1.807) is 0 Å². The van der Waals surface area contributed by atoms with Gasteiger partial charge in [0.15, 0.2) is 0 Å². The third kappa shape index (κ3) is 6.77. The fourth-order valence-corrected chi connectivity index (χ4v) is 6.19. The maximum absolute atomic E-state index is 7.39. The average molecular weight is 553 g/mol. The van der Waals surface area contributed by atoms with Crippen LogP contribution in [0.2, 0.25) is 0 Å². The van der Waals surface area contributed by atoms with Gasteiger partial charge in [-0.15, -0.1) is 0 Å². The summed E-state index contributed by atoms with van der Waals surface area (Å²) >= 11 is 0. The molecule has 42 heavy (non-hydrogen) atoms. The van der Waals surface area contributed by atoms with E-state index in [1.165, 1.54) is 27.9 Å². The molecule has 0 bridgehead atoms. The molecule has 0 heterocycles. The number of nitrogen functional groups attached to an aromatic ring is 1. The number of benzene rings is 5. The van der Waals surface area contributed by atoms with Crippen LogP contribution in [0.3, 0.4) is 0 Å². The van der Waals surface area contributed by atoms with E-state index >= 15 is 0 Å². The Bertz CT molecular complexity index is 1330. The van der Waals surface area contributed by atoms with Gasteiger partial charge in [0.25, 0.3) is 0 Å². The van der Waals surface area contributed by atoms with Gasteiger partial charge in [-0.25, -0.2) is 0 Å². The van der Waals surface area contributed by atoms with E-state index in [2.05, 4.69) is 166 Å². The zero-order valence-electron chi connectivity index (χ0n) is 25.4. The molecule has 5 aromatic carbocycles. The third-order valence-electron chi connectivity index (χ3n) is 7.92. The summed E-state index contributed by atoms with van der Waals surface area (Å²) < 4.78 is 0. The van der Waals surface area contributed by atoms with E-state index in [1.807, 2.05) is 0 Å². The van der Waals surface area contributed by atoms with Crippen LogP contribution in [0.5, 0.6) is 0 Å². The topological polar surface area (TPSA) is 29.3 Å². The van der Waals surface area contributed by atoms with Crippen LogP contribution in [0.25, 0.3) is 0 Å². The molecule has 0 aliphatic rings. The molecule has 0 aliphatic heterocycles. The standard InChI is InChI=1S/C40H44N2/c1-29(2)27-42(28-30(3)4)35-25-36(38(31-17-9-5-10-18-31)32-19-11-6-12-20-32)40(41)37(26-35)39(33-21-13-7-14-22-33)34-23-15-8-16-24-34/h5-26,29-30,38-39H,27-28,41H2,1-4H3. The second-order valence-electron chi connectivity index (χ2n) is 12.2. The minimum Gasteiger partial charge on any atom is -0.398 e. The van der Waals surface area contributed by atoms with Crippen molar-refractivity contribution >= 4 is 11.4 Å². The second-order valence-corrected chi connectivity index (χ2v) is 12.2. The fraction of sp³-hybridized carbons (Fsp3) is 0.250. The Balaban J connectivity index is 1.82. The van der Waals surface area contributed by atoms with E-state index in [9.17, 15) is 0 Å². The lowest BCUT2D eigenvalue weighted by Crippen LogP contribution is -2.31. The normalized spacial score (nSPS) is 11.5. The highest BCUT2D eigenvalue weighted by Gasteiger charge is 2.27. The minimum atomic E-state index is 0.0123. The van der Waals surface area contributed by atoms with Crippen molar-refractivity contribution in [2.24, 2.45) is 11.8 Å². The molecule has 5 aromatic rings. The third-order valence-corrected chi connectivity index (χ3v) is 7.92. The molecule has 0 saturated carbocycles. The van der Waals surface area contributed by atoms with Crippen LogP contribution in [0.1, 0.15) is 72.9 Å². The van der Waals surface area contributed by atoms with Crippen molar-refractivity contribution in [3.05, 3.63) is 167 Å². The van der Waals surface area contributed by atoms with Crippen molar-refractivity contribution in [2.75, 3.05) is 23.7 Å². The lowest BCUT2D eigenvalue weighted by atomic mass is 9.78. The van der Waals surface area contributed by atoms with E-state index in [0.717, 1.165) is 29.9 Å². The van der Waals surface area contributed by atoms with Crippen molar-refractivity contribution in [3.8, 4) is 0 Å². The van der Waals surface area contributed by atoms with Crippen molar-refractivity contribution in [2.45, 2.75) is 39.5 Å². The Labute approximate surface area is 252 Å². The van der Waals surface area contributed by atoms with E-state index in [4.69, 9.17) is 5.73 Å². The molecule has 0 unspecified atom stereocenters. The Kier molecular flexibility index (Phi) is 9.44. The fourth-order valence-electron chi connectivity index (χ4n) is 6.19. The van der Waals surface area contributed by atoms with E-state index in [0.29, 0.717) is 11.8 Å². The molecule has 2 nitrogen and oxygen atoms in total. The summed E-state index contributed by atoms with van der Waals surface area (Å²) in [6.07, 6.45) is 0. The Morgan fingerprint density at radius 2 is 0.762 bits per heavy atom. The van der Waals surface area contributed by atoms with Crippen LogP contribution in [0.4, 0.5) is 11.4 Å². The molecule has 0 aliphatic carbocycles. The van der Waals surface area contributed by atoms with Gasteiger partial charge in [-0.05, 0) is 57.3 Å². The van der Waals surface area contributed by atoms with Gasteiger partial charge in [0.2, 0.25) is 0 Å². The van der Waals surface area contributed by atoms with E-state index in [-0.39, 0.29) is 11.8 Å². The molecule has 0 atom stereocenters. The molecule has 214 valence electrons. The second kappa shape index (κ2) is 13.6. The average Bonchev–Trinajstić information content (AvgIpc) is 3.00. The molecule has 0 fully saturated rings. The largest absolute Gasteiger partial charge is 0.398 e. The predicted octanol–water partition coefficient (Wildman–Crippen LogP) is 9.75. The van der Waals surface area contributed by atoms with Gasteiger partial charge >= 0.3 is 0 Å². The van der Waals surface area contributed by atoms with Crippen LogP contribution in [0.15, 0.2) is 133 Å². The lowest BCUT2D eigenvalue weighted by Gasteiger charge is -2.33. The SMILES string of the molecule is CC(C)CN(CC(C)C)c1cc(C(c2ccccc2)c2ccccc2)c(N)c(C(c2ccccc2)c2ccccc2)c1. The highest BCUT2D eigenvalue weighted by molar-refractivity contribution is 5.70. The number of hydrogen-bond acceptors (Lipinski definition) is 2. The van der Waals surface area contributed by atoms with Crippen LogP contribution in [-0.2, 0) is 0 Å². The predicted molar refractivity (Wildman–Crippen MR) is 180 cm³/mol. The summed E-state index contributed by atoms with van der Waals surface area (Å²) in [7, 11) is 0. The highest BCUT2D eigenvalue weighted by Crippen LogP contribution is 2.44. The van der Waals surface area contributed by atoms with Gasteiger partial charge in [0, 0.05) is 36.3 Å². The molecule has 0 spiro atoms. The summed E-state index contributed by atoms with van der Waals surface area (Å²) in [6.45, 7) is 11.2. The molecule has 0 radical (unpaired) electrons. The summed E-state index contributed by atoms with van der Waals surface area (Å²) in [4.78, 5) is 2.57. The summed E-state index contributed by atoms with van der Waals surface area (Å²) in [6, 6.07) is 48.0. The van der Waals surface area contributed by atoms with Gasteiger partial charge < -0.3 is 10.6 Å². The molecule has 0 saturated heterocycles. The van der Waals surface area contributed by atoms with E-state index < -0.39 is 0 Å². The van der Waals surface area contributed by atoms with Crippen molar-refractivity contribution < 1.29 is 0 Å². The van der Waals surface area contributed by atoms with Gasteiger partial charge in [-0.1, -0.05) is 149 Å². The first-order valence-corrected chi connectivity index (χ1v) is 15.3. The van der Waals surface area contributed by atoms with Crippen molar-refractivity contribution in [3.63, 3.8) is 0 Å². The smallest absolute Gasteiger partial charge is 0.0400 e. The molecular weight excluding hydrogens is 508 g/mol. The number of anilines is 2. The van der Waals surface area contributed by atoms with Crippen LogP contribution in [0, 0.1) is 11.8 Å². The van der Waals surface area contributed by atoms with Crippen LogP contribution in [-0.4, -0.2) is 13.1 Å². The highest BCUT2D eigenvalue weighted by atomic mass is 15.1. The first kappa shape index (κ1) is 29.2. The Morgan fingerprint density at radius 3 is 1.02 bits per heavy atom. The maximum atomic E-state index is 7.39. The van der Waals surface area contributed by atoms with Gasteiger partial charge in [0.05, 0.1) is 0 Å². The van der Waals surface area contributed by atoms with Gasteiger partial charge in [0.1, 0.15) is 0 Å². The number of hydrogen-bond donors (Lipinski definition) is 1. The summed E-state index contributed by atoms with van der Waals surface area (Å²) in [5.41, 5.74) is 16.8. The Morgan fingerprint density at radius 1 is 0.476 bits per heavy atom. The van der Waals surface area contributed by atoms with Gasteiger partial charge in [-0.2, -0.15) is 0 Å². The first-order valence-electron chi connectivity index (χ1n) is 15.3. The minimum absolute atomic E-state index is 0.0123. The number of nitrogens with zero attached hydrogens (tertiary/aromatic N) is 1. The number of nitrogens with two attached hydrogens (primary N) is 1. The van der Waals surface area contributed by atoms with Crippen LogP contribution >= 0.6 is 0 Å². The van der Waals surface area contributed by atoms with Crippen LogP contribution < -0.4 is 10.6 Å². The summed E-state index contributed by atoms with van der Waals surface area (Å²) in [5, 5.41) is 0. The molecule has 2 N–H and O–H groups in total. The molecule has 2 heteroatoms. The number of rotatable bonds is 11. The maximum Gasteiger partial charge on any atom is 0.0400 e. The molecule has 5 rings (SSSR count). The lowest BCUT2D eigenvalue weighted by molar-refractivity contribution is 0.552. The zero-order valence-corrected chi connectivity index (χ0v) is 25.4. The monoisotopic (exact) mass is 552 g/mol. The van der Waals surface area contributed by atoms with Gasteiger partial charge in [-0.3, -0.25) is 0 Å². The zero-order chi connectivity index (χ0) is 29.5.